The van der Waals surface area contributed by atoms with Crippen molar-refractivity contribution in [2.24, 2.45) is 0 Å². The average Bonchev–Trinajstić information content (AvgIpc) is 3.13. The third kappa shape index (κ3) is 4.17. The molecule has 1 aromatic carbocycles. The van der Waals surface area contributed by atoms with Crippen molar-refractivity contribution in [3.8, 4) is 10.6 Å². The Bertz CT molecular complexity index is 999. The van der Waals surface area contributed by atoms with Gasteiger partial charge in [-0.1, -0.05) is 11.8 Å². The Kier molecular flexibility index (Phi) is 5.49. The maximum absolute atomic E-state index is 12.6. The Labute approximate surface area is 161 Å². The molecule has 0 atom stereocenters. The third-order valence-electron chi connectivity index (χ3n) is 3.55. The molecular weight excluding hydrogens is 388 g/mol. The Balaban J connectivity index is 1.82. The molecule has 0 bridgehead atoms. The van der Waals surface area contributed by atoms with Crippen LogP contribution >= 0.6 is 23.1 Å². The average molecular weight is 407 g/mol. The molecule has 0 saturated carbocycles. The molecule has 0 spiro atoms. The van der Waals surface area contributed by atoms with Gasteiger partial charge in [-0.05, 0) is 48.7 Å². The Hall–Kier alpha value is -2.10. The van der Waals surface area contributed by atoms with Gasteiger partial charge in [0.05, 0.1) is 10.6 Å². The van der Waals surface area contributed by atoms with Crippen LogP contribution in [-0.2, 0) is 10.0 Å². The van der Waals surface area contributed by atoms with E-state index in [2.05, 4.69) is 14.7 Å². The fourth-order valence-electron chi connectivity index (χ4n) is 2.21. The second-order valence-corrected chi connectivity index (χ2v) is 9.36. The van der Waals surface area contributed by atoms with Gasteiger partial charge in [-0.15, -0.1) is 11.3 Å². The second kappa shape index (κ2) is 7.65. The van der Waals surface area contributed by atoms with E-state index in [0.717, 1.165) is 10.6 Å². The molecule has 0 aliphatic carbocycles. The van der Waals surface area contributed by atoms with Gasteiger partial charge in [0.2, 0.25) is 0 Å². The predicted molar refractivity (Wildman–Crippen MR) is 109 cm³/mol. The maximum Gasteiger partial charge on any atom is 0.271 e. The zero-order valence-corrected chi connectivity index (χ0v) is 17.0. The van der Waals surface area contributed by atoms with Gasteiger partial charge in [-0.2, -0.15) is 0 Å². The van der Waals surface area contributed by atoms with Crippen molar-refractivity contribution in [3.63, 3.8) is 0 Å². The van der Waals surface area contributed by atoms with E-state index in [0.29, 0.717) is 16.5 Å². The van der Waals surface area contributed by atoms with Gasteiger partial charge < -0.3 is 4.90 Å². The van der Waals surface area contributed by atoms with Crippen LogP contribution in [0.3, 0.4) is 0 Å². The smallest absolute Gasteiger partial charge is 0.271 e. The molecule has 0 fully saturated rings. The van der Waals surface area contributed by atoms with Gasteiger partial charge in [0.15, 0.2) is 5.16 Å². The molecule has 2 heterocycles. The molecule has 0 aliphatic rings. The summed E-state index contributed by atoms with van der Waals surface area (Å²) in [6.45, 7) is 0. The van der Waals surface area contributed by atoms with Crippen LogP contribution in [0.5, 0.6) is 0 Å². The van der Waals surface area contributed by atoms with E-state index in [-0.39, 0.29) is 4.21 Å². The predicted octanol–water partition coefficient (Wildman–Crippen LogP) is 3.79. The van der Waals surface area contributed by atoms with E-state index in [1.807, 2.05) is 37.4 Å². The Morgan fingerprint density at radius 1 is 1.08 bits per heavy atom. The summed E-state index contributed by atoms with van der Waals surface area (Å²) in [4.78, 5) is 11.3. The van der Waals surface area contributed by atoms with E-state index in [4.69, 9.17) is 0 Å². The lowest BCUT2D eigenvalue weighted by Gasteiger charge is -2.13. The minimum Gasteiger partial charge on any atom is -0.378 e. The zero-order valence-electron chi connectivity index (χ0n) is 14.5. The van der Waals surface area contributed by atoms with E-state index in [1.165, 1.54) is 23.1 Å². The fraction of sp³-hybridized carbons (Fsp3) is 0.176. The normalized spacial score (nSPS) is 11.3. The number of sulfonamides is 1. The molecule has 9 heteroatoms. The molecule has 0 radical (unpaired) electrons. The lowest BCUT2D eigenvalue weighted by molar-refractivity contribution is 0.603. The molecule has 0 aliphatic heterocycles. The van der Waals surface area contributed by atoms with Gasteiger partial charge >= 0.3 is 0 Å². The summed E-state index contributed by atoms with van der Waals surface area (Å²) >= 11 is 2.62. The molecule has 6 nitrogen and oxygen atoms in total. The number of nitrogens with zero attached hydrogens (tertiary/aromatic N) is 3. The van der Waals surface area contributed by atoms with Crippen LogP contribution in [0.25, 0.3) is 10.6 Å². The van der Waals surface area contributed by atoms with Crippen molar-refractivity contribution in [2.45, 2.75) is 9.37 Å². The first-order valence-corrected chi connectivity index (χ1v) is 11.2. The number of hydrogen-bond donors (Lipinski definition) is 1. The van der Waals surface area contributed by atoms with Crippen LogP contribution in [0, 0.1) is 0 Å². The number of aromatic nitrogens is 2. The molecule has 3 rings (SSSR count). The maximum atomic E-state index is 12.6. The minimum atomic E-state index is -3.64. The number of thioether (sulfide) groups is 1. The second-order valence-electron chi connectivity index (χ2n) is 5.59. The highest BCUT2D eigenvalue weighted by Gasteiger charge is 2.18. The monoisotopic (exact) mass is 406 g/mol. The highest BCUT2D eigenvalue weighted by Crippen LogP contribution is 2.31. The minimum absolute atomic E-state index is 0.244. The number of anilines is 2. The Morgan fingerprint density at radius 2 is 1.81 bits per heavy atom. The summed E-state index contributed by atoms with van der Waals surface area (Å²) in [5, 5.41) is 0.652. The molecule has 0 saturated heterocycles. The summed E-state index contributed by atoms with van der Waals surface area (Å²) in [6.07, 6.45) is 3.57. The first-order chi connectivity index (χ1) is 12.4. The van der Waals surface area contributed by atoms with Gasteiger partial charge in [0.1, 0.15) is 4.21 Å². The van der Waals surface area contributed by atoms with Crippen molar-refractivity contribution < 1.29 is 8.42 Å². The first-order valence-electron chi connectivity index (χ1n) is 7.66. The number of rotatable bonds is 6. The largest absolute Gasteiger partial charge is 0.378 e. The number of hydrogen-bond acceptors (Lipinski definition) is 7. The summed E-state index contributed by atoms with van der Waals surface area (Å²) < 4.78 is 28.1. The van der Waals surface area contributed by atoms with Gasteiger partial charge in [-0.3, -0.25) is 4.72 Å². The van der Waals surface area contributed by atoms with Crippen LogP contribution in [-0.4, -0.2) is 38.7 Å². The van der Waals surface area contributed by atoms with Crippen LogP contribution < -0.4 is 9.62 Å². The lowest BCUT2D eigenvalue weighted by atomic mass is 10.3. The summed E-state index contributed by atoms with van der Waals surface area (Å²) in [5.74, 6) is 0. The van der Waals surface area contributed by atoms with Crippen LogP contribution in [0.15, 0.2) is 58.0 Å². The quantitative estimate of drug-likeness (QED) is 0.496. The molecule has 2 aromatic heterocycles. The number of nitrogens with one attached hydrogen (secondary N) is 1. The van der Waals surface area contributed by atoms with E-state index in [1.54, 1.807) is 36.5 Å². The highest BCUT2D eigenvalue weighted by molar-refractivity contribution is 7.98. The van der Waals surface area contributed by atoms with Crippen LogP contribution in [0.1, 0.15) is 0 Å². The third-order valence-corrected chi connectivity index (χ3v) is 7.09. The molecule has 136 valence electrons. The van der Waals surface area contributed by atoms with E-state index >= 15 is 0 Å². The molecule has 1 N–H and O–H groups in total. The molecule has 0 amide bonds. The zero-order chi connectivity index (χ0) is 18.7. The fourth-order valence-corrected chi connectivity index (χ4v) is 4.90. The highest BCUT2D eigenvalue weighted by atomic mass is 32.2. The topological polar surface area (TPSA) is 75.2 Å². The van der Waals surface area contributed by atoms with Gasteiger partial charge in [0, 0.05) is 31.7 Å². The van der Waals surface area contributed by atoms with Crippen LogP contribution in [0.2, 0.25) is 0 Å². The summed E-state index contributed by atoms with van der Waals surface area (Å²) in [6, 6.07) is 12.4. The molecular formula is C17H18N4O2S3. The SMILES string of the molecule is CSc1nccc(-c2ccc(S(=O)(=O)Nc3ccc(N(C)C)cc3)s2)n1. The lowest BCUT2D eigenvalue weighted by Crippen LogP contribution is -2.12. The Morgan fingerprint density at radius 3 is 2.46 bits per heavy atom. The van der Waals surface area contributed by atoms with Crippen molar-refractivity contribution in [3.05, 3.63) is 48.7 Å². The van der Waals surface area contributed by atoms with Crippen molar-refractivity contribution in [1.29, 1.82) is 0 Å². The first kappa shape index (κ1) is 18.7. The van der Waals surface area contributed by atoms with Crippen LogP contribution in [0.4, 0.5) is 11.4 Å². The summed E-state index contributed by atoms with van der Waals surface area (Å²) in [5.41, 5.74) is 2.24. The van der Waals surface area contributed by atoms with Gasteiger partial charge in [0.25, 0.3) is 10.0 Å². The van der Waals surface area contributed by atoms with E-state index < -0.39 is 10.0 Å². The number of benzene rings is 1. The van der Waals surface area contributed by atoms with Crippen molar-refractivity contribution in [1.82, 2.24) is 9.97 Å². The van der Waals surface area contributed by atoms with Crippen molar-refractivity contribution in [2.75, 3.05) is 30.0 Å². The van der Waals surface area contributed by atoms with Gasteiger partial charge in [-0.25, -0.2) is 18.4 Å². The van der Waals surface area contributed by atoms with E-state index in [9.17, 15) is 8.42 Å². The number of thiophene rings is 1. The standard InChI is InChI=1S/C17H18N4O2S3/c1-21(2)13-6-4-12(5-7-13)20-26(22,23)16-9-8-15(25-16)14-10-11-18-17(19-14)24-3/h4-11,20H,1-3H3. The summed E-state index contributed by atoms with van der Waals surface area (Å²) in [7, 11) is 0.222. The molecule has 26 heavy (non-hydrogen) atoms. The van der Waals surface area contributed by atoms with Crippen molar-refractivity contribution >= 4 is 44.5 Å². The molecule has 0 unspecified atom stereocenters. The molecule has 3 aromatic rings.